The fraction of sp³-hybridized carbons (Fsp3) is 0.444. The molecule has 1 atom stereocenters. The van der Waals surface area contributed by atoms with Gasteiger partial charge in [-0.2, -0.15) is 4.37 Å². The van der Waals surface area contributed by atoms with E-state index in [9.17, 15) is 0 Å². The fourth-order valence-electron chi connectivity index (χ4n) is 1.92. The van der Waals surface area contributed by atoms with Crippen LogP contribution in [0.5, 0.6) is 0 Å². The van der Waals surface area contributed by atoms with Crippen molar-refractivity contribution in [1.82, 2.24) is 14.3 Å². The lowest BCUT2D eigenvalue weighted by Gasteiger charge is -2.16. The van der Waals surface area contributed by atoms with Crippen LogP contribution < -0.4 is 10.6 Å². The molecule has 0 radical (unpaired) electrons. The predicted octanol–water partition coefficient (Wildman–Crippen LogP) is 0.624. The van der Waals surface area contributed by atoms with Crippen LogP contribution in [0.1, 0.15) is 6.42 Å². The van der Waals surface area contributed by atoms with Gasteiger partial charge in [0, 0.05) is 19.1 Å². The molecule has 0 aliphatic carbocycles. The molecule has 78 valence electrons. The zero-order valence-corrected chi connectivity index (χ0v) is 8.94. The first-order chi connectivity index (χ1) is 7.34. The number of hydrogen-bond acceptors (Lipinski definition) is 6. The van der Waals surface area contributed by atoms with E-state index in [1.807, 2.05) is 6.20 Å². The molecule has 6 heteroatoms. The molecule has 0 bridgehead atoms. The number of aromatic nitrogens is 3. The van der Waals surface area contributed by atoms with Crippen molar-refractivity contribution in [2.45, 2.75) is 12.5 Å². The van der Waals surface area contributed by atoms with Crippen LogP contribution in [0.15, 0.2) is 12.5 Å². The average Bonchev–Trinajstić information content (AvgIpc) is 2.84. The summed E-state index contributed by atoms with van der Waals surface area (Å²) in [5.74, 6) is 0.974. The SMILES string of the molecule is NC1CCN(c2ncnc3sncc23)C1. The average molecular weight is 221 g/mol. The number of anilines is 1. The normalized spacial score (nSPS) is 21.4. The summed E-state index contributed by atoms with van der Waals surface area (Å²) in [6.07, 6.45) is 4.46. The third-order valence-corrected chi connectivity index (χ3v) is 3.38. The van der Waals surface area contributed by atoms with Crippen LogP contribution >= 0.6 is 11.5 Å². The molecule has 3 rings (SSSR count). The zero-order valence-electron chi connectivity index (χ0n) is 8.13. The second-order valence-corrected chi connectivity index (χ2v) is 4.52. The first kappa shape index (κ1) is 8.99. The summed E-state index contributed by atoms with van der Waals surface area (Å²) in [7, 11) is 0. The van der Waals surface area contributed by atoms with Gasteiger partial charge in [0.25, 0.3) is 0 Å². The van der Waals surface area contributed by atoms with E-state index in [1.165, 1.54) is 11.5 Å². The quantitative estimate of drug-likeness (QED) is 0.764. The van der Waals surface area contributed by atoms with Gasteiger partial charge >= 0.3 is 0 Å². The van der Waals surface area contributed by atoms with E-state index in [0.29, 0.717) is 0 Å². The van der Waals surface area contributed by atoms with E-state index in [1.54, 1.807) is 6.33 Å². The van der Waals surface area contributed by atoms with Crippen molar-refractivity contribution in [3.63, 3.8) is 0 Å². The summed E-state index contributed by atoms with van der Waals surface area (Å²) >= 11 is 1.40. The molecule has 1 unspecified atom stereocenters. The van der Waals surface area contributed by atoms with Gasteiger partial charge in [-0.05, 0) is 18.0 Å². The van der Waals surface area contributed by atoms with E-state index in [4.69, 9.17) is 5.73 Å². The molecule has 1 aliphatic rings. The number of fused-ring (bicyclic) bond motifs is 1. The molecule has 0 spiro atoms. The standard InChI is InChI=1S/C9H11N5S/c10-6-1-2-14(4-6)8-7-3-13-15-9(7)12-5-11-8/h3,5-6H,1-2,4,10H2. The molecule has 1 saturated heterocycles. The van der Waals surface area contributed by atoms with Crippen LogP contribution in [-0.2, 0) is 0 Å². The summed E-state index contributed by atoms with van der Waals surface area (Å²) in [6.45, 7) is 1.85. The van der Waals surface area contributed by atoms with Crippen LogP contribution in [0.3, 0.4) is 0 Å². The van der Waals surface area contributed by atoms with E-state index >= 15 is 0 Å². The Kier molecular flexibility index (Phi) is 2.03. The maximum absolute atomic E-state index is 5.88. The minimum atomic E-state index is 0.265. The van der Waals surface area contributed by atoms with Crippen LogP contribution in [0.4, 0.5) is 5.82 Å². The topological polar surface area (TPSA) is 67.9 Å². The third-order valence-electron chi connectivity index (χ3n) is 2.67. The first-order valence-corrected chi connectivity index (χ1v) is 5.68. The Hall–Kier alpha value is -1.27. The van der Waals surface area contributed by atoms with Gasteiger partial charge in [-0.15, -0.1) is 0 Å². The molecule has 0 saturated carbocycles. The largest absolute Gasteiger partial charge is 0.354 e. The van der Waals surface area contributed by atoms with Crippen LogP contribution in [0.25, 0.3) is 10.2 Å². The van der Waals surface area contributed by atoms with E-state index < -0.39 is 0 Å². The van der Waals surface area contributed by atoms with Crippen molar-refractivity contribution in [1.29, 1.82) is 0 Å². The van der Waals surface area contributed by atoms with Crippen molar-refractivity contribution in [3.05, 3.63) is 12.5 Å². The highest BCUT2D eigenvalue weighted by atomic mass is 32.1. The summed E-state index contributed by atoms with van der Waals surface area (Å²) in [5.41, 5.74) is 5.88. The summed E-state index contributed by atoms with van der Waals surface area (Å²) in [4.78, 5) is 11.7. The molecular weight excluding hydrogens is 210 g/mol. The summed E-state index contributed by atoms with van der Waals surface area (Å²) in [6, 6.07) is 0.265. The Morgan fingerprint density at radius 2 is 2.40 bits per heavy atom. The first-order valence-electron chi connectivity index (χ1n) is 4.90. The Morgan fingerprint density at radius 3 is 3.20 bits per heavy atom. The molecule has 2 N–H and O–H groups in total. The lowest BCUT2D eigenvalue weighted by molar-refractivity contribution is 0.751. The number of hydrogen-bond donors (Lipinski definition) is 1. The Balaban J connectivity index is 2.06. The number of rotatable bonds is 1. The molecular formula is C9H11N5S. The highest BCUT2D eigenvalue weighted by Crippen LogP contribution is 2.26. The monoisotopic (exact) mass is 221 g/mol. The molecule has 2 aromatic heterocycles. The molecule has 1 fully saturated rings. The smallest absolute Gasteiger partial charge is 0.148 e. The van der Waals surface area contributed by atoms with Crippen molar-refractivity contribution in [2.75, 3.05) is 18.0 Å². The Bertz CT molecular complexity index is 482. The summed E-state index contributed by atoms with van der Waals surface area (Å²) in [5, 5.41) is 1.04. The van der Waals surface area contributed by atoms with E-state index in [0.717, 1.165) is 35.5 Å². The predicted molar refractivity (Wildman–Crippen MR) is 60.0 cm³/mol. The molecule has 3 heterocycles. The van der Waals surface area contributed by atoms with Gasteiger partial charge in [-0.1, -0.05) is 0 Å². The van der Waals surface area contributed by atoms with Gasteiger partial charge in [0.15, 0.2) is 0 Å². The van der Waals surface area contributed by atoms with E-state index in [-0.39, 0.29) is 6.04 Å². The minimum absolute atomic E-state index is 0.265. The van der Waals surface area contributed by atoms with E-state index in [2.05, 4.69) is 19.2 Å². The fourth-order valence-corrected chi connectivity index (χ4v) is 2.51. The lowest BCUT2D eigenvalue weighted by Crippen LogP contribution is -2.26. The van der Waals surface area contributed by atoms with Crippen molar-refractivity contribution < 1.29 is 0 Å². The Morgan fingerprint density at radius 1 is 1.47 bits per heavy atom. The molecule has 0 amide bonds. The highest BCUT2D eigenvalue weighted by molar-refractivity contribution is 7.12. The molecule has 1 aliphatic heterocycles. The third kappa shape index (κ3) is 1.46. The lowest BCUT2D eigenvalue weighted by atomic mass is 10.3. The van der Waals surface area contributed by atoms with Gasteiger partial charge in [0.1, 0.15) is 17.0 Å². The van der Waals surface area contributed by atoms with Gasteiger partial charge in [0.2, 0.25) is 0 Å². The summed E-state index contributed by atoms with van der Waals surface area (Å²) < 4.78 is 4.13. The maximum Gasteiger partial charge on any atom is 0.148 e. The van der Waals surface area contributed by atoms with Gasteiger partial charge < -0.3 is 10.6 Å². The zero-order chi connectivity index (χ0) is 10.3. The molecule has 2 aromatic rings. The van der Waals surface area contributed by atoms with Crippen LogP contribution in [0, 0.1) is 0 Å². The molecule has 15 heavy (non-hydrogen) atoms. The van der Waals surface area contributed by atoms with Gasteiger partial charge in [0.05, 0.1) is 11.6 Å². The van der Waals surface area contributed by atoms with Crippen LogP contribution in [0.2, 0.25) is 0 Å². The van der Waals surface area contributed by atoms with Crippen molar-refractivity contribution >= 4 is 27.6 Å². The van der Waals surface area contributed by atoms with Crippen molar-refractivity contribution in [2.24, 2.45) is 5.73 Å². The maximum atomic E-state index is 5.88. The Labute approximate surface area is 91.1 Å². The minimum Gasteiger partial charge on any atom is -0.354 e. The second-order valence-electron chi connectivity index (χ2n) is 3.74. The van der Waals surface area contributed by atoms with Gasteiger partial charge in [-0.25, -0.2) is 9.97 Å². The number of nitrogens with zero attached hydrogens (tertiary/aromatic N) is 4. The molecule has 5 nitrogen and oxygen atoms in total. The van der Waals surface area contributed by atoms with Crippen LogP contribution in [-0.4, -0.2) is 33.5 Å². The number of nitrogens with two attached hydrogens (primary N) is 1. The van der Waals surface area contributed by atoms with Crippen molar-refractivity contribution in [3.8, 4) is 0 Å². The molecule has 0 aromatic carbocycles. The second kappa shape index (κ2) is 3.39. The highest BCUT2D eigenvalue weighted by Gasteiger charge is 2.22. The van der Waals surface area contributed by atoms with Gasteiger partial charge in [-0.3, -0.25) is 0 Å².